The number of Topliss-reactive ketones (excluding diaryl/α,β-unsaturated/α-hetero) is 1. The van der Waals surface area contributed by atoms with E-state index in [1.54, 1.807) is 6.92 Å². The predicted octanol–water partition coefficient (Wildman–Crippen LogP) is 3.13. The highest BCUT2D eigenvalue weighted by atomic mass is 32.2. The zero-order chi connectivity index (χ0) is 9.40. The van der Waals surface area contributed by atoms with Crippen LogP contribution in [-0.4, -0.2) is 17.3 Å². The van der Waals surface area contributed by atoms with E-state index in [1.165, 1.54) is 24.3 Å². The summed E-state index contributed by atoms with van der Waals surface area (Å²) in [5, 5.41) is 0. The minimum absolute atomic E-state index is 0.275. The van der Waals surface area contributed by atoms with E-state index in [0.717, 1.165) is 6.42 Å². The summed E-state index contributed by atoms with van der Waals surface area (Å²) in [6, 6.07) is 0. The molecule has 1 nitrogen and oxygen atoms in total. The van der Waals surface area contributed by atoms with Crippen LogP contribution in [0.15, 0.2) is 0 Å². The van der Waals surface area contributed by atoms with Crippen molar-refractivity contribution >= 4 is 17.5 Å². The minimum atomic E-state index is 0.275. The molecule has 0 N–H and O–H groups in total. The first-order valence-electron chi connectivity index (χ1n) is 4.76. The van der Waals surface area contributed by atoms with Crippen LogP contribution in [0.1, 0.15) is 40.0 Å². The van der Waals surface area contributed by atoms with Crippen LogP contribution in [-0.2, 0) is 4.79 Å². The maximum absolute atomic E-state index is 10.9. The van der Waals surface area contributed by atoms with E-state index in [1.807, 2.05) is 18.7 Å². The zero-order valence-electron chi connectivity index (χ0n) is 8.43. The van der Waals surface area contributed by atoms with Crippen molar-refractivity contribution in [2.45, 2.75) is 40.0 Å². The van der Waals surface area contributed by atoms with Crippen molar-refractivity contribution in [2.24, 2.45) is 5.92 Å². The van der Waals surface area contributed by atoms with Crippen molar-refractivity contribution in [3.8, 4) is 0 Å². The number of carbonyl (C=O) groups excluding carboxylic acids is 1. The van der Waals surface area contributed by atoms with Gasteiger partial charge in [0.2, 0.25) is 0 Å². The largest absolute Gasteiger partial charge is 0.300 e. The highest BCUT2D eigenvalue weighted by molar-refractivity contribution is 7.99. The number of ketones is 1. The van der Waals surface area contributed by atoms with Crippen molar-refractivity contribution in [3.63, 3.8) is 0 Å². The van der Waals surface area contributed by atoms with Crippen LogP contribution in [0, 0.1) is 5.92 Å². The molecule has 72 valence electrons. The fourth-order valence-electron chi connectivity index (χ4n) is 1.00. The van der Waals surface area contributed by atoms with Crippen LogP contribution in [0.5, 0.6) is 0 Å². The van der Waals surface area contributed by atoms with Crippen LogP contribution in [0.4, 0.5) is 0 Å². The number of rotatable bonds is 7. The molecule has 1 atom stereocenters. The first kappa shape index (κ1) is 12.0. The Labute approximate surface area is 80.3 Å². The summed E-state index contributed by atoms with van der Waals surface area (Å²) in [6.07, 6.45) is 3.53. The van der Waals surface area contributed by atoms with Crippen LogP contribution in [0.3, 0.4) is 0 Å². The second-order valence-electron chi connectivity index (χ2n) is 3.20. The average molecular weight is 188 g/mol. The molecule has 0 fully saturated rings. The molecule has 0 radical (unpaired) electrons. The van der Waals surface area contributed by atoms with E-state index < -0.39 is 0 Å². The van der Waals surface area contributed by atoms with E-state index in [0.29, 0.717) is 5.78 Å². The van der Waals surface area contributed by atoms with Crippen molar-refractivity contribution in [1.29, 1.82) is 0 Å². The van der Waals surface area contributed by atoms with E-state index >= 15 is 0 Å². The molecule has 0 aliphatic heterocycles. The molecule has 0 saturated carbocycles. The molecular formula is C10H20OS. The van der Waals surface area contributed by atoms with Gasteiger partial charge in [-0.3, -0.25) is 4.79 Å². The number of hydrogen-bond donors (Lipinski definition) is 0. The van der Waals surface area contributed by atoms with Crippen LogP contribution in [0.2, 0.25) is 0 Å². The smallest absolute Gasteiger partial charge is 0.132 e. The maximum atomic E-state index is 10.9. The Morgan fingerprint density at radius 1 is 1.42 bits per heavy atom. The molecule has 0 heterocycles. The normalized spacial score (nSPS) is 12.9. The van der Waals surface area contributed by atoms with Crippen molar-refractivity contribution in [2.75, 3.05) is 11.5 Å². The highest BCUT2D eigenvalue weighted by Crippen LogP contribution is 2.11. The molecule has 1 unspecified atom stereocenters. The van der Waals surface area contributed by atoms with Gasteiger partial charge in [0.05, 0.1) is 0 Å². The van der Waals surface area contributed by atoms with Gasteiger partial charge in [-0.1, -0.05) is 20.3 Å². The van der Waals surface area contributed by atoms with Gasteiger partial charge in [0.1, 0.15) is 5.78 Å². The molecule has 0 bridgehead atoms. The standard InChI is InChI=1S/C10H20OS/c1-4-12-8-6-5-7-9(2)10(3)11/h9H,4-8H2,1-3H3. The number of thioether (sulfide) groups is 1. The Morgan fingerprint density at radius 3 is 2.58 bits per heavy atom. The summed E-state index contributed by atoms with van der Waals surface area (Å²) >= 11 is 1.98. The summed E-state index contributed by atoms with van der Waals surface area (Å²) in [6.45, 7) is 5.89. The molecule has 0 aliphatic rings. The Morgan fingerprint density at radius 2 is 2.08 bits per heavy atom. The van der Waals surface area contributed by atoms with Gasteiger partial charge in [-0.2, -0.15) is 11.8 Å². The van der Waals surface area contributed by atoms with E-state index in [-0.39, 0.29) is 5.92 Å². The lowest BCUT2D eigenvalue weighted by Crippen LogP contribution is -2.05. The summed E-state index contributed by atoms with van der Waals surface area (Å²) in [5.41, 5.74) is 0. The summed E-state index contributed by atoms with van der Waals surface area (Å²) in [7, 11) is 0. The lowest BCUT2D eigenvalue weighted by atomic mass is 10.0. The number of unbranched alkanes of at least 4 members (excludes halogenated alkanes) is 1. The van der Waals surface area contributed by atoms with Crippen molar-refractivity contribution in [1.82, 2.24) is 0 Å². The van der Waals surface area contributed by atoms with Crippen LogP contribution >= 0.6 is 11.8 Å². The van der Waals surface area contributed by atoms with Gasteiger partial charge >= 0.3 is 0 Å². The van der Waals surface area contributed by atoms with Crippen LogP contribution < -0.4 is 0 Å². The van der Waals surface area contributed by atoms with E-state index in [2.05, 4.69) is 6.92 Å². The predicted molar refractivity (Wildman–Crippen MR) is 56.7 cm³/mol. The Kier molecular flexibility index (Phi) is 7.67. The molecule has 12 heavy (non-hydrogen) atoms. The van der Waals surface area contributed by atoms with Gasteiger partial charge in [0.15, 0.2) is 0 Å². The molecule has 0 rings (SSSR count). The van der Waals surface area contributed by atoms with Gasteiger partial charge in [0.25, 0.3) is 0 Å². The molecule has 2 heteroatoms. The molecule has 0 aromatic heterocycles. The van der Waals surface area contributed by atoms with E-state index in [4.69, 9.17) is 0 Å². The van der Waals surface area contributed by atoms with Crippen molar-refractivity contribution < 1.29 is 4.79 Å². The third kappa shape index (κ3) is 6.71. The number of hydrogen-bond acceptors (Lipinski definition) is 2. The van der Waals surface area contributed by atoms with Gasteiger partial charge < -0.3 is 0 Å². The SMILES string of the molecule is CCSCCCCC(C)C(C)=O. The average Bonchev–Trinajstić information content (AvgIpc) is 2.03. The van der Waals surface area contributed by atoms with Gasteiger partial charge in [-0.15, -0.1) is 0 Å². The Balaban J connectivity index is 3.14. The summed E-state index contributed by atoms with van der Waals surface area (Å²) < 4.78 is 0. The first-order valence-corrected chi connectivity index (χ1v) is 5.92. The summed E-state index contributed by atoms with van der Waals surface area (Å²) in [5.74, 6) is 3.07. The monoisotopic (exact) mass is 188 g/mol. The molecule has 0 spiro atoms. The molecule has 0 amide bonds. The molecular weight excluding hydrogens is 168 g/mol. The van der Waals surface area contributed by atoms with Crippen LogP contribution in [0.25, 0.3) is 0 Å². The van der Waals surface area contributed by atoms with Gasteiger partial charge in [-0.25, -0.2) is 0 Å². The lowest BCUT2D eigenvalue weighted by Gasteiger charge is -2.05. The topological polar surface area (TPSA) is 17.1 Å². The highest BCUT2D eigenvalue weighted by Gasteiger charge is 2.05. The Bertz CT molecular complexity index is 123. The molecule has 0 aliphatic carbocycles. The third-order valence-electron chi connectivity index (χ3n) is 2.07. The fraction of sp³-hybridized carbons (Fsp3) is 0.900. The zero-order valence-corrected chi connectivity index (χ0v) is 9.25. The summed E-state index contributed by atoms with van der Waals surface area (Å²) in [4.78, 5) is 10.9. The fourth-order valence-corrected chi connectivity index (χ4v) is 1.70. The lowest BCUT2D eigenvalue weighted by molar-refractivity contribution is -0.120. The minimum Gasteiger partial charge on any atom is -0.300 e. The maximum Gasteiger partial charge on any atom is 0.132 e. The number of carbonyl (C=O) groups is 1. The second-order valence-corrected chi connectivity index (χ2v) is 4.60. The molecule has 0 aromatic rings. The van der Waals surface area contributed by atoms with Crippen molar-refractivity contribution in [3.05, 3.63) is 0 Å². The van der Waals surface area contributed by atoms with Gasteiger partial charge in [0, 0.05) is 5.92 Å². The third-order valence-corrected chi connectivity index (χ3v) is 3.06. The van der Waals surface area contributed by atoms with Gasteiger partial charge in [-0.05, 0) is 31.3 Å². The first-order chi connectivity index (χ1) is 5.68. The Hall–Kier alpha value is 0.0200. The molecule has 0 saturated heterocycles. The quantitative estimate of drug-likeness (QED) is 0.571. The molecule has 0 aromatic carbocycles. The van der Waals surface area contributed by atoms with E-state index in [9.17, 15) is 4.79 Å². The second kappa shape index (κ2) is 7.66.